The summed E-state index contributed by atoms with van der Waals surface area (Å²) in [5, 5.41) is 0. The van der Waals surface area contributed by atoms with Crippen LogP contribution in [0.1, 0.15) is 12.8 Å². The van der Waals surface area contributed by atoms with Gasteiger partial charge in [-0.2, -0.15) is 13.1 Å². The van der Waals surface area contributed by atoms with E-state index in [1.165, 1.54) is 0 Å². The summed E-state index contributed by atoms with van der Waals surface area (Å²) in [7, 11) is -3.44. The van der Waals surface area contributed by atoms with Gasteiger partial charge in [-0.3, -0.25) is 4.72 Å². The van der Waals surface area contributed by atoms with Crippen molar-refractivity contribution in [3.63, 3.8) is 0 Å². The Kier molecular flexibility index (Phi) is 2.54. The second-order valence-corrected chi connectivity index (χ2v) is 5.07. The number of nitrogens with two attached hydrogens (primary N) is 1. The van der Waals surface area contributed by atoms with Crippen LogP contribution in [-0.2, 0) is 10.2 Å². The highest BCUT2D eigenvalue weighted by Gasteiger charge is 2.26. The summed E-state index contributed by atoms with van der Waals surface area (Å²) < 4.78 is 27.9. The maximum Gasteiger partial charge on any atom is 0.299 e. The molecule has 0 bridgehead atoms. The van der Waals surface area contributed by atoms with Crippen LogP contribution in [0.4, 0.5) is 11.4 Å². The van der Waals surface area contributed by atoms with E-state index < -0.39 is 10.2 Å². The van der Waals surface area contributed by atoms with Crippen molar-refractivity contribution in [2.45, 2.75) is 18.9 Å². The lowest BCUT2D eigenvalue weighted by atomic mass is 10.3. The van der Waals surface area contributed by atoms with Crippen molar-refractivity contribution in [1.29, 1.82) is 0 Å². The monoisotopic (exact) mass is 227 g/mol. The third kappa shape index (κ3) is 3.10. The quantitative estimate of drug-likeness (QED) is 0.661. The fourth-order valence-electron chi connectivity index (χ4n) is 1.21. The molecule has 0 spiro atoms. The zero-order chi connectivity index (χ0) is 10.9. The van der Waals surface area contributed by atoms with Crippen LogP contribution in [-0.4, -0.2) is 14.5 Å². The molecule has 0 atom stereocenters. The molecule has 0 aromatic heterocycles. The van der Waals surface area contributed by atoms with Crippen LogP contribution in [0.5, 0.6) is 0 Å². The lowest BCUT2D eigenvalue weighted by molar-refractivity contribution is 0.586. The smallest absolute Gasteiger partial charge is 0.299 e. The Bertz CT molecular complexity index is 454. The Hall–Kier alpha value is -1.27. The third-order valence-corrected chi connectivity index (χ3v) is 3.19. The van der Waals surface area contributed by atoms with E-state index in [9.17, 15) is 8.42 Å². The highest BCUT2D eigenvalue weighted by molar-refractivity contribution is 7.90. The molecule has 6 heteroatoms. The molecule has 1 saturated carbocycles. The van der Waals surface area contributed by atoms with Gasteiger partial charge in [0.2, 0.25) is 0 Å². The number of nitrogen functional groups attached to an aromatic ring is 1. The van der Waals surface area contributed by atoms with E-state index in [0.717, 1.165) is 12.8 Å². The van der Waals surface area contributed by atoms with Crippen molar-refractivity contribution in [2.24, 2.45) is 0 Å². The average molecular weight is 227 g/mol. The number of hydrogen-bond donors (Lipinski definition) is 3. The van der Waals surface area contributed by atoms with Gasteiger partial charge < -0.3 is 5.73 Å². The van der Waals surface area contributed by atoms with Crippen LogP contribution in [0.3, 0.4) is 0 Å². The van der Waals surface area contributed by atoms with Gasteiger partial charge in [-0.05, 0) is 31.0 Å². The first-order valence-electron chi connectivity index (χ1n) is 4.71. The summed E-state index contributed by atoms with van der Waals surface area (Å²) in [5.74, 6) is 0. The molecule has 1 aromatic carbocycles. The van der Waals surface area contributed by atoms with Crippen LogP contribution in [0.25, 0.3) is 0 Å². The molecule has 1 aliphatic carbocycles. The van der Waals surface area contributed by atoms with Crippen molar-refractivity contribution < 1.29 is 8.42 Å². The summed E-state index contributed by atoms with van der Waals surface area (Å²) in [6, 6.07) is 6.73. The van der Waals surface area contributed by atoms with Gasteiger partial charge in [-0.1, -0.05) is 6.07 Å². The molecule has 5 nitrogen and oxygen atoms in total. The minimum Gasteiger partial charge on any atom is -0.399 e. The molecule has 0 saturated heterocycles. The van der Waals surface area contributed by atoms with Gasteiger partial charge in [0, 0.05) is 11.7 Å². The normalized spacial score (nSPS) is 16.3. The lowest BCUT2D eigenvalue weighted by Crippen LogP contribution is -2.31. The molecule has 4 N–H and O–H groups in total. The van der Waals surface area contributed by atoms with Crippen molar-refractivity contribution >= 4 is 21.6 Å². The Morgan fingerprint density at radius 1 is 1.33 bits per heavy atom. The van der Waals surface area contributed by atoms with Crippen LogP contribution >= 0.6 is 0 Å². The van der Waals surface area contributed by atoms with Gasteiger partial charge in [-0.25, -0.2) is 0 Å². The molecule has 15 heavy (non-hydrogen) atoms. The number of hydrogen-bond acceptors (Lipinski definition) is 3. The van der Waals surface area contributed by atoms with E-state index in [0.29, 0.717) is 11.4 Å². The Morgan fingerprint density at radius 3 is 2.67 bits per heavy atom. The van der Waals surface area contributed by atoms with E-state index in [1.54, 1.807) is 24.3 Å². The molecule has 0 aliphatic heterocycles. The van der Waals surface area contributed by atoms with Crippen molar-refractivity contribution in [2.75, 3.05) is 10.5 Å². The van der Waals surface area contributed by atoms with E-state index in [1.807, 2.05) is 0 Å². The second-order valence-electron chi connectivity index (χ2n) is 3.62. The highest BCUT2D eigenvalue weighted by Crippen LogP contribution is 2.20. The molecule has 2 rings (SSSR count). The molecule has 1 aliphatic rings. The Balaban J connectivity index is 2.06. The minimum atomic E-state index is -3.44. The summed E-state index contributed by atoms with van der Waals surface area (Å²) in [4.78, 5) is 0. The van der Waals surface area contributed by atoms with Crippen molar-refractivity contribution in [1.82, 2.24) is 4.72 Å². The van der Waals surface area contributed by atoms with Gasteiger partial charge >= 0.3 is 0 Å². The number of rotatable bonds is 4. The lowest BCUT2D eigenvalue weighted by Gasteiger charge is -2.08. The van der Waals surface area contributed by atoms with Crippen LogP contribution < -0.4 is 15.2 Å². The summed E-state index contributed by atoms with van der Waals surface area (Å²) in [6.07, 6.45) is 1.83. The van der Waals surface area contributed by atoms with Crippen LogP contribution in [0.2, 0.25) is 0 Å². The zero-order valence-electron chi connectivity index (χ0n) is 8.10. The highest BCUT2D eigenvalue weighted by atomic mass is 32.2. The maximum atomic E-state index is 11.5. The number of nitrogens with one attached hydrogen (secondary N) is 2. The molecule has 1 fully saturated rings. The minimum absolute atomic E-state index is 0.101. The summed E-state index contributed by atoms with van der Waals surface area (Å²) in [6.45, 7) is 0. The molecule has 82 valence electrons. The van der Waals surface area contributed by atoms with Gasteiger partial charge in [0.1, 0.15) is 0 Å². The SMILES string of the molecule is Nc1cccc(NS(=O)(=O)NC2CC2)c1. The van der Waals surface area contributed by atoms with Gasteiger partial charge in [-0.15, -0.1) is 0 Å². The Labute approximate surface area is 88.9 Å². The topological polar surface area (TPSA) is 84.2 Å². The van der Waals surface area contributed by atoms with E-state index in [-0.39, 0.29) is 6.04 Å². The molecule has 1 aromatic rings. The van der Waals surface area contributed by atoms with Crippen molar-refractivity contribution in [3.8, 4) is 0 Å². The molecule has 0 amide bonds. The molecule has 0 radical (unpaired) electrons. The fraction of sp³-hybridized carbons (Fsp3) is 0.333. The standard InChI is InChI=1S/C9H13N3O2S/c10-7-2-1-3-9(6-7)12-15(13,14)11-8-4-5-8/h1-3,6,8,11-12H,4-5,10H2. The maximum absolute atomic E-state index is 11.5. The van der Waals surface area contributed by atoms with E-state index in [4.69, 9.17) is 5.73 Å². The summed E-state index contributed by atoms with van der Waals surface area (Å²) >= 11 is 0. The first-order valence-corrected chi connectivity index (χ1v) is 6.19. The number of anilines is 2. The summed E-state index contributed by atoms with van der Waals surface area (Å²) in [5.41, 5.74) is 6.54. The first kappa shape index (κ1) is 10.3. The zero-order valence-corrected chi connectivity index (χ0v) is 8.92. The van der Waals surface area contributed by atoms with E-state index in [2.05, 4.69) is 9.44 Å². The van der Waals surface area contributed by atoms with Gasteiger partial charge in [0.15, 0.2) is 0 Å². The van der Waals surface area contributed by atoms with Gasteiger partial charge in [0.05, 0.1) is 5.69 Å². The predicted molar refractivity (Wildman–Crippen MR) is 59.6 cm³/mol. The molecular formula is C9H13N3O2S. The second kappa shape index (κ2) is 3.71. The van der Waals surface area contributed by atoms with Gasteiger partial charge in [0.25, 0.3) is 10.2 Å². The Morgan fingerprint density at radius 2 is 2.07 bits per heavy atom. The largest absolute Gasteiger partial charge is 0.399 e. The average Bonchev–Trinajstić information content (AvgIpc) is 2.86. The van der Waals surface area contributed by atoms with E-state index >= 15 is 0 Å². The predicted octanol–water partition coefficient (Wildman–Crippen LogP) is 0.677. The molecular weight excluding hydrogens is 214 g/mol. The van der Waals surface area contributed by atoms with Crippen LogP contribution in [0, 0.1) is 0 Å². The molecule has 0 unspecified atom stereocenters. The molecule has 0 heterocycles. The number of benzene rings is 1. The third-order valence-electron chi connectivity index (χ3n) is 2.04. The van der Waals surface area contributed by atoms with Crippen molar-refractivity contribution in [3.05, 3.63) is 24.3 Å². The fourth-order valence-corrected chi connectivity index (χ4v) is 2.38. The first-order chi connectivity index (χ1) is 7.05. The van der Waals surface area contributed by atoms with Crippen LogP contribution in [0.15, 0.2) is 24.3 Å².